The third-order valence-electron chi connectivity index (χ3n) is 6.30. The zero-order chi connectivity index (χ0) is 25.2. The van der Waals surface area contributed by atoms with Crippen molar-refractivity contribution < 1.29 is 4.74 Å². The van der Waals surface area contributed by atoms with Crippen LogP contribution in [0.3, 0.4) is 0 Å². The van der Waals surface area contributed by atoms with E-state index in [4.69, 9.17) is 21.3 Å². The lowest BCUT2D eigenvalue weighted by Crippen LogP contribution is -2.29. The zero-order valence-corrected chi connectivity index (χ0v) is 21.4. The maximum absolute atomic E-state index is 13.8. The molecule has 8 nitrogen and oxygen atoms in total. The van der Waals surface area contributed by atoms with Crippen LogP contribution in [0.2, 0.25) is 5.02 Å². The molecule has 0 unspecified atom stereocenters. The summed E-state index contributed by atoms with van der Waals surface area (Å²) in [6, 6.07) is 13.6. The van der Waals surface area contributed by atoms with Crippen LogP contribution in [-0.4, -0.2) is 64.3 Å². The van der Waals surface area contributed by atoms with Crippen molar-refractivity contribution in [2.24, 2.45) is 0 Å². The molecule has 1 fully saturated rings. The van der Waals surface area contributed by atoms with Crippen LogP contribution in [0.25, 0.3) is 33.4 Å². The number of anilines is 1. The first-order chi connectivity index (χ1) is 17.4. The Labute approximate surface area is 214 Å². The summed E-state index contributed by atoms with van der Waals surface area (Å²) < 4.78 is 7.16. The molecule has 0 bridgehead atoms. The first kappa shape index (κ1) is 24.4. The van der Waals surface area contributed by atoms with Gasteiger partial charge in [0, 0.05) is 58.7 Å². The number of aromatic nitrogens is 4. The van der Waals surface area contributed by atoms with E-state index in [1.165, 1.54) is 0 Å². The van der Waals surface area contributed by atoms with Crippen molar-refractivity contribution in [3.05, 3.63) is 69.7 Å². The van der Waals surface area contributed by atoms with Crippen molar-refractivity contribution in [2.45, 2.75) is 25.9 Å². The minimum Gasteiger partial charge on any atom is -0.379 e. The van der Waals surface area contributed by atoms with Gasteiger partial charge in [0.1, 0.15) is 5.65 Å². The van der Waals surface area contributed by atoms with E-state index in [-0.39, 0.29) is 11.6 Å². The van der Waals surface area contributed by atoms with E-state index in [2.05, 4.69) is 15.3 Å². The van der Waals surface area contributed by atoms with Crippen LogP contribution in [0.15, 0.2) is 53.5 Å². The van der Waals surface area contributed by atoms with Gasteiger partial charge in [-0.3, -0.25) is 14.3 Å². The van der Waals surface area contributed by atoms with Gasteiger partial charge in [-0.1, -0.05) is 29.8 Å². The predicted octanol–water partition coefficient (Wildman–Crippen LogP) is 4.24. The summed E-state index contributed by atoms with van der Waals surface area (Å²) in [5, 5.41) is 4.59. The highest BCUT2D eigenvalue weighted by atomic mass is 35.5. The summed E-state index contributed by atoms with van der Waals surface area (Å²) in [4.78, 5) is 29.6. The monoisotopic (exact) mass is 504 g/mol. The van der Waals surface area contributed by atoms with Crippen LogP contribution < -0.4 is 10.9 Å². The van der Waals surface area contributed by atoms with Crippen LogP contribution in [0.4, 0.5) is 5.95 Å². The molecule has 0 saturated carbocycles. The third-order valence-corrected chi connectivity index (χ3v) is 6.62. The maximum Gasteiger partial charge on any atom is 0.260 e. The molecule has 1 atom stereocenters. The van der Waals surface area contributed by atoms with E-state index in [1.54, 1.807) is 10.8 Å². The molecule has 4 aromatic rings. The van der Waals surface area contributed by atoms with Crippen LogP contribution in [0.1, 0.15) is 12.1 Å². The van der Waals surface area contributed by atoms with Gasteiger partial charge < -0.3 is 15.0 Å². The predicted molar refractivity (Wildman–Crippen MR) is 144 cm³/mol. The second kappa shape index (κ2) is 10.3. The Bertz CT molecular complexity index is 1460. The maximum atomic E-state index is 13.8. The van der Waals surface area contributed by atoms with Crippen molar-refractivity contribution in [3.63, 3.8) is 0 Å². The van der Waals surface area contributed by atoms with E-state index in [0.717, 1.165) is 35.4 Å². The average Bonchev–Trinajstić information content (AvgIpc) is 3.36. The van der Waals surface area contributed by atoms with E-state index >= 15 is 0 Å². The van der Waals surface area contributed by atoms with Gasteiger partial charge in [-0.2, -0.15) is 4.98 Å². The summed E-state index contributed by atoms with van der Waals surface area (Å²) >= 11 is 6.74. The van der Waals surface area contributed by atoms with Crippen molar-refractivity contribution >= 4 is 28.6 Å². The molecule has 9 heteroatoms. The number of fused-ring (bicyclic) bond motifs is 1. The largest absolute Gasteiger partial charge is 0.379 e. The zero-order valence-electron chi connectivity index (χ0n) is 20.7. The van der Waals surface area contributed by atoms with Gasteiger partial charge in [-0.15, -0.1) is 0 Å². The lowest BCUT2D eigenvalue weighted by molar-refractivity contribution is 0.195. The summed E-state index contributed by atoms with van der Waals surface area (Å²) in [5.74, 6) is 0.497. The summed E-state index contributed by atoms with van der Waals surface area (Å²) in [6.07, 6.45) is 2.66. The van der Waals surface area contributed by atoms with Gasteiger partial charge in [0.05, 0.1) is 18.3 Å². The number of nitrogens with one attached hydrogen (secondary N) is 1. The molecule has 0 amide bonds. The molecule has 1 N–H and O–H groups in total. The van der Waals surface area contributed by atoms with Gasteiger partial charge >= 0.3 is 0 Å². The minimum absolute atomic E-state index is 0.137. The average molecular weight is 505 g/mol. The quantitative estimate of drug-likeness (QED) is 0.403. The van der Waals surface area contributed by atoms with E-state index in [9.17, 15) is 4.79 Å². The molecule has 1 aromatic carbocycles. The fourth-order valence-electron chi connectivity index (χ4n) is 4.36. The van der Waals surface area contributed by atoms with Crippen LogP contribution in [-0.2, 0) is 11.3 Å². The standard InChI is InChI=1S/C27H29ClN6O2/c1-17-5-4-6-24(30-17)18-7-8-21(23(28)14-18)22-13-19-15-29-27(31-20-9-12-36-16-20)32-25(19)34(26(22)35)11-10-33(2)3/h4-8,13-15,20H,9-12,16H2,1-3H3,(H,29,31,32)/t20-/m1/s1. The molecule has 5 rings (SSSR count). The summed E-state index contributed by atoms with van der Waals surface area (Å²) in [5.41, 5.74) is 4.32. The van der Waals surface area contributed by atoms with E-state index in [1.807, 2.05) is 68.4 Å². The molecular weight excluding hydrogens is 476 g/mol. The lowest BCUT2D eigenvalue weighted by atomic mass is 10.0. The third kappa shape index (κ3) is 5.11. The molecule has 0 aliphatic carbocycles. The number of aryl methyl sites for hydroxylation is 1. The number of hydrogen-bond donors (Lipinski definition) is 1. The molecule has 4 heterocycles. The second-order valence-corrected chi connectivity index (χ2v) is 9.76. The smallest absolute Gasteiger partial charge is 0.260 e. The first-order valence-corrected chi connectivity index (χ1v) is 12.4. The SMILES string of the molecule is Cc1cccc(-c2ccc(-c3cc4cnc(N[C@@H]5CCOC5)nc4n(CCN(C)C)c3=O)c(Cl)c2)n1. The molecule has 0 radical (unpaired) electrons. The fraction of sp³-hybridized carbons (Fsp3) is 0.333. The Kier molecular flexibility index (Phi) is 7.00. The highest BCUT2D eigenvalue weighted by Gasteiger charge is 2.19. The second-order valence-electron chi connectivity index (χ2n) is 9.35. The fourth-order valence-corrected chi connectivity index (χ4v) is 4.64. The highest BCUT2D eigenvalue weighted by Crippen LogP contribution is 2.31. The summed E-state index contributed by atoms with van der Waals surface area (Å²) in [7, 11) is 3.96. The van der Waals surface area contributed by atoms with Crippen LogP contribution in [0, 0.1) is 6.92 Å². The van der Waals surface area contributed by atoms with Gasteiger partial charge in [-0.25, -0.2) is 4.98 Å². The van der Waals surface area contributed by atoms with Gasteiger partial charge in [0.15, 0.2) is 0 Å². The molecule has 36 heavy (non-hydrogen) atoms. The number of benzene rings is 1. The molecule has 1 saturated heterocycles. The van der Waals surface area contributed by atoms with Gasteiger partial charge in [0.25, 0.3) is 5.56 Å². The number of pyridine rings is 2. The van der Waals surface area contributed by atoms with Gasteiger partial charge in [-0.05, 0) is 51.7 Å². The number of nitrogens with zero attached hydrogens (tertiary/aromatic N) is 5. The molecule has 1 aliphatic rings. The number of halogens is 1. The van der Waals surface area contributed by atoms with Crippen molar-refractivity contribution in [1.29, 1.82) is 0 Å². The Morgan fingerprint density at radius 3 is 2.75 bits per heavy atom. The minimum atomic E-state index is -0.137. The van der Waals surface area contributed by atoms with Crippen LogP contribution in [0.5, 0.6) is 0 Å². The van der Waals surface area contributed by atoms with E-state index in [0.29, 0.717) is 47.4 Å². The highest BCUT2D eigenvalue weighted by molar-refractivity contribution is 6.33. The number of likely N-dealkylation sites (N-methyl/N-ethyl adjacent to an activating group) is 1. The van der Waals surface area contributed by atoms with Gasteiger partial charge in [0.2, 0.25) is 5.95 Å². The number of ether oxygens (including phenoxy) is 1. The molecular formula is C27H29ClN6O2. The molecule has 3 aromatic heterocycles. The Morgan fingerprint density at radius 1 is 1.17 bits per heavy atom. The number of rotatable bonds is 7. The molecule has 0 spiro atoms. The Hall–Kier alpha value is -3.33. The van der Waals surface area contributed by atoms with Crippen molar-refractivity contribution in [1.82, 2.24) is 24.4 Å². The van der Waals surface area contributed by atoms with Crippen LogP contribution >= 0.6 is 11.6 Å². The topological polar surface area (TPSA) is 85.2 Å². The normalized spacial score (nSPS) is 15.6. The summed E-state index contributed by atoms with van der Waals surface area (Å²) in [6.45, 7) is 4.48. The lowest BCUT2D eigenvalue weighted by Gasteiger charge is -2.17. The Morgan fingerprint density at radius 2 is 2.03 bits per heavy atom. The van der Waals surface area contributed by atoms with Crippen molar-refractivity contribution in [2.75, 3.05) is 39.2 Å². The van der Waals surface area contributed by atoms with Crippen molar-refractivity contribution in [3.8, 4) is 22.4 Å². The molecule has 1 aliphatic heterocycles. The van der Waals surface area contributed by atoms with E-state index < -0.39 is 0 Å². The Balaban J connectivity index is 1.58. The molecule has 186 valence electrons. The number of hydrogen-bond acceptors (Lipinski definition) is 7. The first-order valence-electron chi connectivity index (χ1n) is 12.0.